The number of aryl methyl sites for hydroxylation is 2. The van der Waals surface area contributed by atoms with Crippen LogP contribution in [0.5, 0.6) is 0 Å². The van der Waals surface area contributed by atoms with Gasteiger partial charge in [-0.25, -0.2) is 17.8 Å². The maximum absolute atomic E-state index is 12.6. The van der Waals surface area contributed by atoms with E-state index in [4.69, 9.17) is 4.52 Å². The molecule has 2 aromatic rings. The quantitative estimate of drug-likeness (QED) is 0.796. The number of imidazole rings is 1. The van der Waals surface area contributed by atoms with Gasteiger partial charge in [0.05, 0.1) is 18.2 Å². The second kappa shape index (κ2) is 5.64. The Morgan fingerprint density at radius 1 is 1.43 bits per heavy atom. The second-order valence-corrected chi connectivity index (χ2v) is 8.34. The lowest BCUT2D eigenvalue weighted by molar-refractivity contribution is 0.205. The number of sulfone groups is 1. The van der Waals surface area contributed by atoms with E-state index in [0.29, 0.717) is 24.7 Å². The minimum absolute atomic E-state index is 0.0511. The summed E-state index contributed by atoms with van der Waals surface area (Å²) in [5.74, 6) is 1.46. The molecular weight excluding hydrogens is 320 g/mol. The third kappa shape index (κ3) is 3.11. The summed E-state index contributed by atoms with van der Waals surface area (Å²) in [4.78, 5) is 14.5. The molecule has 1 aliphatic rings. The van der Waals surface area contributed by atoms with E-state index >= 15 is 0 Å². The molecule has 1 atom stereocenters. The van der Waals surface area contributed by atoms with Crippen molar-refractivity contribution in [3.63, 3.8) is 0 Å². The topological polar surface area (TPSA) is 90.3 Å². The molecule has 0 aromatic carbocycles. The highest BCUT2D eigenvalue weighted by Gasteiger charge is 2.31. The standard InChI is InChI=1S/C14H20N4O4S/c1-10-7-17(9-16(3)12-4-5-23(20,21)8-12)14(19)18(10)13-6-11(2)22-15-13/h6-7,12H,4-5,8-9H2,1-3H3/t12-/m0/s1. The van der Waals surface area contributed by atoms with E-state index < -0.39 is 9.84 Å². The van der Waals surface area contributed by atoms with Gasteiger partial charge >= 0.3 is 5.69 Å². The zero-order valence-electron chi connectivity index (χ0n) is 13.4. The van der Waals surface area contributed by atoms with Crippen LogP contribution in [-0.2, 0) is 16.5 Å². The molecule has 0 saturated carbocycles. The number of nitrogens with zero attached hydrogens (tertiary/aromatic N) is 4. The van der Waals surface area contributed by atoms with Gasteiger partial charge in [-0.1, -0.05) is 5.16 Å². The second-order valence-electron chi connectivity index (χ2n) is 6.11. The molecule has 126 valence electrons. The molecule has 0 unspecified atom stereocenters. The molecule has 0 aliphatic carbocycles. The van der Waals surface area contributed by atoms with Crippen molar-refractivity contribution in [3.8, 4) is 5.82 Å². The molecule has 3 heterocycles. The van der Waals surface area contributed by atoms with E-state index in [0.717, 1.165) is 5.69 Å². The highest BCUT2D eigenvalue weighted by atomic mass is 32.2. The summed E-state index contributed by atoms with van der Waals surface area (Å²) in [5, 5.41) is 3.88. The van der Waals surface area contributed by atoms with Crippen LogP contribution in [0.3, 0.4) is 0 Å². The van der Waals surface area contributed by atoms with Crippen molar-refractivity contribution in [1.29, 1.82) is 0 Å². The van der Waals surface area contributed by atoms with Crippen molar-refractivity contribution in [2.24, 2.45) is 0 Å². The summed E-state index contributed by atoms with van der Waals surface area (Å²) >= 11 is 0. The van der Waals surface area contributed by atoms with Gasteiger partial charge in [0.1, 0.15) is 5.76 Å². The Bertz CT molecular complexity index is 877. The Morgan fingerprint density at radius 2 is 2.17 bits per heavy atom. The highest BCUT2D eigenvalue weighted by molar-refractivity contribution is 7.91. The molecule has 0 N–H and O–H groups in total. The van der Waals surface area contributed by atoms with E-state index in [9.17, 15) is 13.2 Å². The SMILES string of the molecule is Cc1cc(-n2c(C)cn(CN(C)[C@H]3CCS(=O)(=O)C3)c2=O)no1. The largest absolute Gasteiger partial charge is 0.360 e. The molecule has 1 aliphatic heterocycles. The van der Waals surface area contributed by atoms with Crippen LogP contribution in [0.15, 0.2) is 21.6 Å². The fraction of sp³-hybridized carbons (Fsp3) is 0.571. The van der Waals surface area contributed by atoms with Crippen molar-refractivity contribution in [1.82, 2.24) is 19.2 Å². The average Bonchev–Trinajstić information content (AvgIpc) is 3.10. The summed E-state index contributed by atoms with van der Waals surface area (Å²) in [5.41, 5.74) is 0.527. The molecule has 2 aromatic heterocycles. The first kappa shape index (κ1) is 16.0. The molecule has 0 spiro atoms. The Balaban J connectivity index is 1.83. The fourth-order valence-electron chi connectivity index (χ4n) is 2.94. The number of aromatic nitrogens is 3. The van der Waals surface area contributed by atoms with Crippen LogP contribution in [0.4, 0.5) is 0 Å². The molecule has 23 heavy (non-hydrogen) atoms. The molecule has 0 bridgehead atoms. The Hall–Kier alpha value is -1.87. The van der Waals surface area contributed by atoms with Crippen molar-refractivity contribution in [2.45, 2.75) is 33.0 Å². The van der Waals surface area contributed by atoms with Crippen molar-refractivity contribution in [2.75, 3.05) is 18.6 Å². The molecule has 0 radical (unpaired) electrons. The van der Waals surface area contributed by atoms with E-state index in [1.165, 1.54) is 4.57 Å². The van der Waals surface area contributed by atoms with Crippen molar-refractivity contribution < 1.29 is 12.9 Å². The number of rotatable bonds is 4. The summed E-state index contributed by atoms with van der Waals surface area (Å²) in [6.07, 6.45) is 2.35. The first-order valence-corrected chi connectivity index (χ1v) is 9.22. The number of hydrogen-bond donors (Lipinski definition) is 0. The van der Waals surface area contributed by atoms with Gasteiger partial charge in [-0.05, 0) is 27.3 Å². The zero-order valence-corrected chi connectivity index (χ0v) is 14.2. The normalized spacial score (nSPS) is 20.4. The van der Waals surface area contributed by atoms with Crippen LogP contribution < -0.4 is 5.69 Å². The Morgan fingerprint density at radius 3 is 2.74 bits per heavy atom. The Kier molecular flexibility index (Phi) is 3.93. The smallest absolute Gasteiger partial charge is 0.335 e. The summed E-state index contributed by atoms with van der Waals surface area (Å²) in [7, 11) is -1.10. The predicted octanol–water partition coefficient (Wildman–Crippen LogP) is 0.320. The van der Waals surface area contributed by atoms with E-state index in [-0.39, 0.29) is 23.2 Å². The van der Waals surface area contributed by atoms with Gasteiger partial charge in [0, 0.05) is 24.0 Å². The fourth-order valence-corrected chi connectivity index (χ4v) is 4.74. The lowest BCUT2D eigenvalue weighted by Gasteiger charge is -2.22. The molecule has 0 amide bonds. The first-order chi connectivity index (χ1) is 10.8. The van der Waals surface area contributed by atoms with Gasteiger partial charge in [-0.2, -0.15) is 0 Å². The molecular formula is C14H20N4O4S. The van der Waals surface area contributed by atoms with Crippen molar-refractivity contribution in [3.05, 3.63) is 34.2 Å². The van der Waals surface area contributed by atoms with Crippen LogP contribution in [0, 0.1) is 13.8 Å². The molecule has 1 fully saturated rings. The van der Waals surface area contributed by atoms with Crippen LogP contribution in [0.1, 0.15) is 17.9 Å². The summed E-state index contributed by atoms with van der Waals surface area (Å²) in [6, 6.07) is 1.65. The lowest BCUT2D eigenvalue weighted by Crippen LogP contribution is -2.37. The average molecular weight is 340 g/mol. The monoisotopic (exact) mass is 340 g/mol. The van der Waals surface area contributed by atoms with Gasteiger partial charge in [-0.15, -0.1) is 0 Å². The van der Waals surface area contributed by atoms with Gasteiger partial charge in [0.15, 0.2) is 15.7 Å². The predicted molar refractivity (Wildman–Crippen MR) is 84.4 cm³/mol. The summed E-state index contributed by atoms with van der Waals surface area (Å²) < 4.78 is 31.3. The molecule has 1 saturated heterocycles. The minimum atomic E-state index is -2.94. The molecule has 9 heteroatoms. The highest BCUT2D eigenvalue weighted by Crippen LogP contribution is 2.17. The maximum Gasteiger partial charge on any atom is 0.335 e. The van der Waals surface area contributed by atoms with E-state index in [1.54, 1.807) is 23.8 Å². The van der Waals surface area contributed by atoms with Crippen LogP contribution in [-0.4, -0.2) is 52.2 Å². The van der Waals surface area contributed by atoms with E-state index in [1.807, 2.05) is 18.9 Å². The first-order valence-electron chi connectivity index (χ1n) is 7.40. The number of hydrogen-bond acceptors (Lipinski definition) is 6. The van der Waals surface area contributed by atoms with Gasteiger partial charge in [0.2, 0.25) is 0 Å². The maximum atomic E-state index is 12.6. The van der Waals surface area contributed by atoms with Gasteiger partial charge in [0.25, 0.3) is 0 Å². The van der Waals surface area contributed by atoms with Crippen molar-refractivity contribution >= 4 is 9.84 Å². The van der Waals surface area contributed by atoms with Crippen LogP contribution in [0.25, 0.3) is 5.82 Å². The lowest BCUT2D eigenvalue weighted by atomic mass is 10.2. The van der Waals surface area contributed by atoms with Crippen LogP contribution >= 0.6 is 0 Å². The molecule has 8 nitrogen and oxygen atoms in total. The van der Waals surface area contributed by atoms with E-state index in [2.05, 4.69) is 5.16 Å². The molecule has 3 rings (SSSR count). The van der Waals surface area contributed by atoms with Gasteiger partial charge in [-0.3, -0.25) is 9.47 Å². The Labute approximate surface area is 134 Å². The third-order valence-corrected chi connectivity index (χ3v) is 5.93. The van der Waals surface area contributed by atoms with Crippen LogP contribution in [0.2, 0.25) is 0 Å². The third-order valence-electron chi connectivity index (χ3n) is 4.18. The minimum Gasteiger partial charge on any atom is -0.360 e. The zero-order chi connectivity index (χ0) is 16.8. The van der Waals surface area contributed by atoms with Gasteiger partial charge < -0.3 is 4.52 Å². The summed E-state index contributed by atoms with van der Waals surface area (Å²) in [6.45, 7) is 3.92.